The molecule has 2 unspecified atom stereocenters. The Labute approximate surface area is 333 Å². The quantitative estimate of drug-likeness (QED) is 0.125. The van der Waals surface area contributed by atoms with Gasteiger partial charge in [0.1, 0.15) is 6.61 Å². The van der Waals surface area contributed by atoms with Crippen LogP contribution in [0.5, 0.6) is 0 Å². The van der Waals surface area contributed by atoms with E-state index in [1.54, 1.807) is 6.92 Å². The van der Waals surface area contributed by atoms with Crippen molar-refractivity contribution in [2.75, 3.05) is 19.8 Å². The molecule has 0 aliphatic heterocycles. The van der Waals surface area contributed by atoms with Gasteiger partial charge >= 0.3 is 11.9 Å². The van der Waals surface area contributed by atoms with Crippen LogP contribution in [0.4, 0.5) is 0 Å². The van der Waals surface area contributed by atoms with Gasteiger partial charge in [0.05, 0.1) is 12.7 Å². The van der Waals surface area contributed by atoms with Gasteiger partial charge in [0.2, 0.25) is 0 Å². The summed E-state index contributed by atoms with van der Waals surface area (Å²) in [5.41, 5.74) is 1.48. The molecule has 5 fully saturated rings. The van der Waals surface area contributed by atoms with E-state index >= 15 is 0 Å². The standard InChI is InChI=1S/C46H82O6Si2/c1-31(28-49-32(2)47)34-20-25-46(30-50-33(3)48)27-26-44(12)35(39(34)46)18-19-37-42(10)23-22-38(52-54(16,17)41(7,8)9)43(11,36(42)21-24-45(37,44)13)29-51-53(14,15)40(4,5)6/h34-39H,1,18-30H2,2-17H3/t34-,35+,36+,37+,38?,39+,42-,43?,44+,45+,46+/m0/s1. The van der Waals surface area contributed by atoms with Crippen molar-refractivity contribution in [1.82, 2.24) is 0 Å². The molecular weight excluding hydrogens is 705 g/mol. The SMILES string of the molecule is C=C(COC(C)=O)[C@@H]1CC[C@]2(COC(C)=O)CC[C@]3(C)[C@H](CC[C@@H]4[C@@]5(C)CCC(O[Si](C)(C)C(C)(C)C)C(C)(CO[Si](C)(C)C(C)(C)C)[C@@H]5CC[C@]43C)[C@@H]12. The number of esters is 2. The van der Waals surface area contributed by atoms with Crippen LogP contribution in [0.25, 0.3) is 0 Å². The first kappa shape index (κ1) is 44.1. The third-order valence-corrected chi connectivity index (χ3v) is 27.7. The van der Waals surface area contributed by atoms with Gasteiger partial charge < -0.3 is 18.3 Å². The van der Waals surface area contributed by atoms with E-state index < -0.39 is 16.6 Å². The molecule has 5 saturated carbocycles. The van der Waals surface area contributed by atoms with Crippen LogP contribution in [0, 0.1) is 56.7 Å². The lowest BCUT2D eigenvalue weighted by atomic mass is 9.32. The fourth-order valence-electron chi connectivity index (χ4n) is 13.3. The average molecular weight is 787 g/mol. The molecule has 0 amide bonds. The van der Waals surface area contributed by atoms with Crippen molar-refractivity contribution < 1.29 is 27.9 Å². The predicted octanol–water partition coefficient (Wildman–Crippen LogP) is 12.1. The molecule has 0 spiro atoms. The second-order valence-electron chi connectivity index (χ2n) is 23.4. The number of ether oxygens (including phenoxy) is 2. The van der Waals surface area contributed by atoms with E-state index in [1.165, 1.54) is 45.4 Å². The molecule has 0 aromatic rings. The summed E-state index contributed by atoms with van der Waals surface area (Å²) < 4.78 is 26.3. The summed E-state index contributed by atoms with van der Waals surface area (Å²) in [6, 6.07) is 0. The van der Waals surface area contributed by atoms with Gasteiger partial charge in [0.25, 0.3) is 0 Å². The smallest absolute Gasteiger partial charge is 0.302 e. The normalized spacial score (nSPS) is 41.2. The van der Waals surface area contributed by atoms with Crippen LogP contribution >= 0.6 is 0 Å². The molecule has 54 heavy (non-hydrogen) atoms. The molecule has 0 aromatic heterocycles. The number of rotatable bonds is 10. The Kier molecular flexibility index (Phi) is 11.8. The van der Waals surface area contributed by atoms with Crippen molar-refractivity contribution in [1.29, 1.82) is 0 Å². The zero-order chi connectivity index (χ0) is 40.7. The summed E-state index contributed by atoms with van der Waals surface area (Å²) in [7, 11) is -4.03. The molecule has 0 bridgehead atoms. The first-order valence-electron chi connectivity index (χ1n) is 21.8. The summed E-state index contributed by atoms with van der Waals surface area (Å²) in [6.07, 6.45) is 11.7. The van der Waals surface area contributed by atoms with Gasteiger partial charge in [0.15, 0.2) is 16.6 Å². The van der Waals surface area contributed by atoms with E-state index in [0.29, 0.717) is 30.3 Å². The molecule has 8 heteroatoms. The highest BCUT2D eigenvalue weighted by Crippen LogP contribution is 2.78. The maximum absolute atomic E-state index is 12.3. The number of hydrogen-bond acceptors (Lipinski definition) is 6. The van der Waals surface area contributed by atoms with Gasteiger partial charge in [-0.1, -0.05) is 75.8 Å². The Balaban J connectivity index is 1.52. The molecule has 0 N–H and O–H groups in total. The van der Waals surface area contributed by atoms with E-state index in [4.69, 9.17) is 18.3 Å². The van der Waals surface area contributed by atoms with Gasteiger partial charge in [-0.3, -0.25) is 9.59 Å². The van der Waals surface area contributed by atoms with Crippen molar-refractivity contribution in [3.8, 4) is 0 Å². The lowest BCUT2D eigenvalue weighted by Crippen LogP contribution is -2.68. The lowest BCUT2D eigenvalue weighted by molar-refractivity contribution is -0.254. The van der Waals surface area contributed by atoms with Crippen LogP contribution in [0.1, 0.15) is 147 Å². The van der Waals surface area contributed by atoms with Crippen LogP contribution in [0.3, 0.4) is 0 Å². The summed E-state index contributed by atoms with van der Waals surface area (Å²) in [5.74, 6) is 1.87. The predicted molar refractivity (Wildman–Crippen MR) is 226 cm³/mol. The molecule has 0 aromatic carbocycles. The highest BCUT2D eigenvalue weighted by atomic mass is 28.4. The van der Waals surface area contributed by atoms with Crippen LogP contribution in [0.15, 0.2) is 12.2 Å². The zero-order valence-electron chi connectivity index (χ0n) is 37.8. The van der Waals surface area contributed by atoms with Gasteiger partial charge in [0, 0.05) is 31.3 Å². The maximum Gasteiger partial charge on any atom is 0.302 e. The maximum atomic E-state index is 12.3. The van der Waals surface area contributed by atoms with Gasteiger partial charge in [-0.05, 0) is 152 Å². The largest absolute Gasteiger partial charge is 0.465 e. The molecule has 5 rings (SSSR count). The second kappa shape index (κ2) is 14.4. The minimum absolute atomic E-state index is 0.0389. The Hall–Kier alpha value is -0.966. The summed E-state index contributed by atoms with van der Waals surface area (Å²) in [6.45, 7) is 43.8. The highest BCUT2D eigenvalue weighted by molar-refractivity contribution is 6.74. The lowest BCUT2D eigenvalue weighted by Gasteiger charge is -2.73. The zero-order valence-corrected chi connectivity index (χ0v) is 39.8. The molecule has 6 nitrogen and oxygen atoms in total. The summed E-state index contributed by atoms with van der Waals surface area (Å²) in [5, 5.41) is 0.308. The Morgan fingerprint density at radius 1 is 0.685 bits per heavy atom. The van der Waals surface area contributed by atoms with Crippen molar-refractivity contribution in [3.05, 3.63) is 12.2 Å². The second-order valence-corrected chi connectivity index (χ2v) is 32.9. The number of hydrogen-bond donors (Lipinski definition) is 0. The molecular formula is C46H82O6Si2. The number of carbonyl (C=O) groups excluding carboxylic acids is 2. The van der Waals surface area contributed by atoms with Crippen molar-refractivity contribution >= 4 is 28.6 Å². The first-order chi connectivity index (χ1) is 24.5. The van der Waals surface area contributed by atoms with Crippen LogP contribution < -0.4 is 0 Å². The van der Waals surface area contributed by atoms with Crippen molar-refractivity contribution in [2.45, 2.75) is 190 Å². The fraction of sp³-hybridized carbons (Fsp3) is 0.913. The molecule has 11 atom stereocenters. The summed E-state index contributed by atoms with van der Waals surface area (Å²) in [4.78, 5) is 24.1. The van der Waals surface area contributed by atoms with E-state index in [2.05, 4.69) is 102 Å². The van der Waals surface area contributed by atoms with Crippen molar-refractivity contribution in [2.24, 2.45) is 56.7 Å². The van der Waals surface area contributed by atoms with E-state index in [0.717, 1.165) is 37.9 Å². The fourth-order valence-corrected chi connectivity index (χ4v) is 15.8. The summed E-state index contributed by atoms with van der Waals surface area (Å²) >= 11 is 0. The Bertz CT molecular complexity index is 1440. The Morgan fingerprint density at radius 2 is 1.30 bits per heavy atom. The molecule has 310 valence electrons. The van der Waals surface area contributed by atoms with Crippen LogP contribution in [0.2, 0.25) is 36.3 Å². The van der Waals surface area contributed by atoms with Gasteiger partial charge in [-0.15, -0.1) is 0 Å². The molecule has 0 radical (unpaired) electrons. The third-order valence-electron chi connectivity index (χ3n) is 18.7. The molecule has 0 saturated heterocycles. The number of carbonyl (C=O) groups is 2. The number of fused-ring (bicyclic) bond motifs is 7. The Morgan fingerprint density at radius 3 is 1.87 bits per heavy atom. The van der Waals surface area contributed by atoms with Crippen LogP contribution in [-0.4, -0.2) is 54.5 Å². The van der Waals surface area contributed by atoms with E-state index in [-0.39, 0.29) is 67.7 Å². The highest BCUT2D eigenvalue weighted by Gasteiger charge is 2.72. The van der Waals surface area contributed by atoms with Crippen molar-refractivity contribution in [3.63, 3.8) is 0 Å². The monoisotopic (exact) mass is 787 g/mol. The average Bonchev–Trinajstić information content (AvgIpc) is 3.42. The molecule has 0 heterocycles. The van der Waals surface area contributed by atoms with Gasteiger partial charge in [-0.2, -0.15) is 0 Å². The minimum atomic E-state index is -2.03. The van der Waals surface area contributed by atoms with E-state index in [9.17, 15) is 9.59 Å². The topological polar surface area (TPSA) is 71.1 Å². The molecule has 5 aliphatic rings. The third kappa shape index (κ3) is 7.22. The van der Waals surface area contributed by atoms with Gasteiger partial charge in [-0.25, -0.2) is 0 Å². The minimum Gasteiger partial charge on any atom is -0.465 e. The first-order valence-corrected chi connectivity index (χ1v) is 27.6. The van der Waals surface area contributed by atoms with E-state index in [1.807, 2.05) is 0 Å². The van der Waals surface area contributed by atoms with Crippen LogP contribution in [-0.2, 0) is 27.9 Å². The molecule has 5 aliphatic carbocycles.